The number of halogens is 1. The number of benzene rings is 2. The van der Waals surface area contributed by atoms with Crippen molar-refractivity contribution in [2.45, 2.75) is 36.4 Å². The van der Waals surface area contributed by atoms with Crippen molar-refractivity contribution in [2.24, 2.45) is 0 Å². The molecule has 26 heavy (non-hydrogen) atoms. The molecule has 1 fully saturated rings. The lowest BCUT2D eigenvalue weighted by Gasteiger charge is -2.16. The fourth-order valence-electron chi connectivity index (χ4n) is 3.14. The third-order valence-electron chi connectivity index (χ3n) is 4.52. The second kappa shape index (κ2) is 7.94. The Morgan fingerprint density at radius 1 is 1.19 bits per heavy atom. The summed E-state index contributed by atoms with van der Waals surface area (Å²) in [7, 11) is 0. The smallest absolute Gasteiger partial charge is 0.262 e. The van der Waals surface area contributed by atoms with Crippen LogP contribution in [0.25, 0.3) is 10.9 Å². The Balaban J connectivity index is 1.68. The molecule has 0 amide bonds. The highest BCUT2D eigenvalue weighted by Gasteiger charge is 2.20. The van der Waals surface area contributed by atoms with Gasteiger partial charge in [0.15, 0.2) is 5.16 Å². The number of aromatic nitrogens is 2. The van der Waals surface area contributed by atoms with Crippen molar-refractivity contribution in [1.29, 1.82) is 0 Å². The normalized spacial score (nSPS) is 17.0. The molecule has 0 saturated carbocycles. The summed E-state index contributed by atoms with van der Waals surface area (Å²) in [6, 6.07) is 15.8. The van der Waals surface area contributed by atoms with Crippen LogP contribution in [-0.4, -0.2) is 22.3 Å². The van der Waals surface area contributed by atoms with Crippen LogP contribution in [0, 0.1) is 0 Å². The summed E-state index contributed by atoms with van der Waals surface area (Å²) in [4.78, 5) is 17.8. The number of hydrogen-bond acceptors (Lipinski definition) is 4. The minimum absolute atomic E-state index is 0.0180. The van der Waals surface area contributed by atoms with Crippen LogP contribution in [0.1, 0.15) is 18.4 Å². The second-order valence-electron chi connectivity index (χ2n) is 6.38. The van der Waals surface area contributed by atoms with Gasteiger partial charge in [0.05, 0.1) is 23.6 Å². The summed E-state index contributed by atoms with van der Waals surface area (Å²) >= 11 is 5.06. The topological polar surface area (TPSA) is 44.1 Å². The average Bonchev–Trinajstić information content (AvgIpc) is 3.17. The van der Waals surface area contributed by atoms with Crippen LogP contribution < -0.4 is 5.56 Å². The van der Waals surface area contributed by atoms with Crippen molar-refractivity contribution in [1.82, 2.24) is 9.55 Å². The summed E-state index contributed by atoms with van der Waals surface area (Å²) in [6.07, 6.45) is 2.15. The first-order chi connectivity index (χ1) is 12.7. The summed E-state index contributed by atoms with van der Waals surface area (Å²) in [5, 5.41) is 1.42. The Morgan fingerprint density at radius 3 is 2.77 bits per heavy atom. The van der Waals surface area contributed by atoms with Crippen LogP contribution >= 0.6 is 27.7 Å². The lowest BCUT2D eigenvalue weighted by molar-refractivity contribution is 0.0937. The fourth-order valence-corrected chi connectivity index (χ4v) is 4.37. The molecule has 1 unspecified atom stereocenters. The first kappa shape index (κ1) is 17.8. The molecule has 4 nitrogen and oxygen atoms in total. The molecule has 1 aromatic heterocycles. The minimum Gasteiger partial charge on any atom is -0.376 e. The van der Waals surface area contributed by atoms with E-state index in [4.69, 9.17) is 9.72 Å². The van der Waals surface area contributed by atoms with Gasteiger partial charge in [-0.2, -0.15) is 0 Å². The molecule has 1 aliphatic heterocycles. The van der Waals surface area contributed by atoms with E-state index in [1.807, 2.05) is 36.4 Å². The van der Waals surface area contributed by atoms with Crippen molar-refractivity contribution < 1.29 is 4.74 Å². The number of fused-ring (bicyclic) bond motifs is 1. The van der Waals surface area contributed by atoms with Crippen LogP contribution in [0.15, 0.2) is 63.0 Å². The van der Waals surface area contributed by atoms with Crippen LogP contribution in [0.3, 0.4) is 0 Å². The molecule has 1 aliphatic rings. The molecule has 0 bridgehead atoms. The molecule has 2 aromatic carbocycles. The predicted octanol–water partition coefficient (Wildman–Crippen LogP) is 4.63. The molecule has 2 heterocycles. The van der Waals surface area contributed by atoms with Gasteiger partial charge in [0.1, 0.15) is 0 Å². The molecule has 0 spiro atoms. The van der Waals surface area contributed by atoms with Gasteiger partial charge in [-0.15, -0.1) is 0 Å². The van der Waals surface area contributed by atoms with Crippen LogP contribution in [0.2, 0.25) is 0 Å². The second-order valence-corrected chi connectivity index (χ2v) is 8.24. The zero-order valence-corrected chi connectivity index (χ0v) is 16.6. The van der Waals surface area contributed by atoms with Gasteiger partial charge >= 0.3 is 0 Å². The molecule has 0 aliphatic carbocycles. The number of para-hydroxylation sites is 1. The van der Waals surface area contributed by atoms with Crippen LogP contribution in [-0.2, 0) is 17.0 Å². The minimum atomic E-state index is 0.0180. The van der Waals surface area contributed by atoms with Crippen molar-refractivity contribution in [3.05, 3.63) is 68.9 Å². The maximum absolute atomic E-state index is 13.0. The standard InChI is InChI=1S/C20H19BrN2O2S/c21-15-9-7-14(8-10-15)13-26-20-22-18-6-2-1-5-17(18)19(24)23(20)12-16-4-3-11-25-16/h1-2,5-10,16H,3-4,11-13H2. The van der Waals surface area contributed by atoms with E-state index in [0.29, 0.717) is 11.9 Å². The van der Waals surface area contributed by atoms with Gasteiger partial charge < -0.3 is 4.74 Å². The lowest BCUT2D eigenvalue weighted by Crippen LogP contribution is -2.28. The molecule has 4 rings (SSSR count). The quantitative estimate of drug-likeness (QED) is 0.437. The van der Waals surface area contributed by atoms with E-state index in [-0.39, 0.29) is 11.7 Å². The number of nitrogens with zero attached hydrogens (tertiary/aromatic N) is 2. The third kappa shape index (κ3) is 3.87. The van der Waals surface area contributed by atoms with Crippen LogP contribution in [0.5, 0.6) is 0 Å². The predicted molar refractivity (Wildman–Crippen MR) is 109 cm³/mol. The van der Waals surface area contributed by atoms with E-state index in [9.17, 15) is 4.79 Å². The van der Waals surface area contributed by atoms with E-state index < -0.39 is 0 Å². The van der Waals surface area contributed by atoms with Gasteiger partial charge in [0.2, 0.25) is 0 Å². The van der Waals surface area contributed by atoms with Gasteiger partial charge in [-0.3, -0.25) is 9.36 Å². The molecule has 1 atom stereocenters. The van der Waals surface area contributed by atoms with E-state index in [1.54, 1.807) is 16.3 Å². The summed E-state index contributed by atoms with van der Waals surface area (Å²) < 4.78 is 8.61. The highest BCUT2D eigenvalue weighted by Crippen LogP contribution is 2.24. The zero-order chi connectivity index (χ0) is 17.9. The molecule has 1 saturated heterocycles. The third-order valence-corrected chi connectivity index (χ3v) is 6.09. The Hall–Kier alpha value is -1.63. The summed E-state index contributed by atoms with van der Waals surface area (Å²) in [5.74, 6) is 0.767. The molecule has 3 aromatic rings. The maximum Gasteiger partial charge on any atom is 0.262 e. The average molecular weight is 431 g/mol. The fraction of sp³-hybridized carbons (Fsp3) is 0.300. The number of rotatable bonds is 5. The molecule has 6 heteroatoms. The van der Waals surface area contributed by atoms with E-state index in [0.717, 1.165) is 40.3 Å². The number of hydrogen-bond donors (Lipinski definition) is 0. The van der Waals surface area contributed by atoms with Gasteiger partial charge in [-0.05, 0) is 42.7 Å². The van der Waals surface area contributed by atoms with E-state index in [2.05, 4.69) is 28.1 Å². The number of thioether (sulfide) groups is 1. The molecule has 0 N–H and O–H groups in total. The highest BCUT2D eigenvalue weighted by molar-refractivity contribution is 9.10. The summed E-state index contributed by atoms with van der Waals surface area (Å²) in [5.41, 5.74) is 1.97. The van der Waals surface area contributed by atoms with E-state index in [1.165, 1.54) is 5.56 Å². The largest absolute Gasteiger partial charge is 0.376 e. The van der Waals surface area contributed by atoms with Crippen molar-refractivity contribution >= 4 is 38.6 Å². The SMILES string of the molecule is O=c1c2ccccc2nc(SCc2ccc(Br)cc2)n1CC1CCCO1. The maximum atomic E-state index is 13.0. The van der Waals surface area contributed by atoms with Gasteiger partial charge in [0, 0.05) is 16.8 Å². The van der Waals surface area contributed by atoms with Crippen molar-refractivity contribution in [2.75, 3.05) is 6.61 Å². The first-order valence-electron chi connectivity index (χ1n) is 8.69. The Kier molecular flexibility index (Phi) is 5.43. The lowest BCUT2D eigenvalue weighted by atomic mass is 10.2. The van der Waals surface area contributed by atoms with Gasteiger partial charge in [0.25, 0.3) is 5.56 Å². The van der Waals surface area contributed by atoms with Crippen molar-refractivity contribution in [3.8, 4) is 0 Å². The van der Waals surface area contributed by atoms with Crippen LogP contribution in [0.4, 0.5) is 0 Å². The monoisotopic (exact) mass is 430 g/mol. The molecule has 134 valence electrons. The first-order valence-corrected chi connectivity index (χ1v) is 10.5. The molecular weight excluding hydrogens is 412 g/mol. The number of ether oxygens (including phenoxy) is 1. The Labute approximate surface area is 164 Å². The van der Waals surface area contributed by atoms with Gasteiger partial charge in [-0.25, -0.2) is 4.98 Å². The summed E-state index contributed by atoms with van der Waals surface area (Å²) in [6.45, 7) is 1.35. The Bertz CT molecular complexity index is 966. The zero-order valence-electron chi connectivity index (χ0n) is 14.2. The van der Waals surface area contributed by atoms with E-state index >= 15 is 0 Å². The van der Waals surface area contributed by atoms with Crippen molar-refractivity contribution in [3.63, 3.8) is 0 Å². The Morgan fingerprint density at radius 2 is 2.00 bits per heavy atom. The molecular formula is C20H19BrN2O2S. The highest BCUT2D eigenvalue weighted by atomic mass is 79.9. The van der Waals surface area contributed by atoms with Gasteiger partial charge in [-0.1, -0.05) is 52.0 Å². The molecule has 0 radical (unpaired) electrons.